The summed E-state index contributed by atoms with van der Waals surface area (Å²) in [4.78, 5) is 0. The van der Waals surface area contributed by atoms with Crippen molar-refractivity contribution >= 4 is 0 Å². The molecule has 0 aliphatic carbocycles. The molecule has 1 heterocycles. The summed E-state index contributed by atoms with van der Waals surface area (Å²) in [6.45, 7) is 4.64. The van der Waals surface area contributed by atoms with Gasteiger partial charge in [0.15, 0.2) is 0 Å². The summed E-state index contributed by atoms with van der Waals surface area (Å²) in [5.41, 5.74) is 0. The second-order valence-corrected chi connectivity index (χ2v) is 2.64. The molecule has 0 atom stereocenters. The molecule has 1 aliphatic heterocycles. The molecule has 1 nitrogen and oxygen atoms in total. The minimum Gasteiger partial charge on any atom is -0.316 e. The van der Waals surface area contributed by atoms with Gasteiger partial charge in [-0.15, -0.1) is 0 Å². The molecule has 0 radical (unpaired) electrons. The third-order valence-electron chi connectivity index (χ3n) is 1.74. The lowest BCUT2D eigenvalue weighted by atomic mass is 9.99. The third kappa shape index (κ3) is 2.19. The molecule has 1 fully saturated rings. The van der Waals surface area contributed by atoms with Gasteiger partial charge in [0.25, 0.3) is 0 Å². The molecule has 52 valence electrons. The highest BCUT2D eigenvalue weighted by Gasteiger charge is 2.13. The Hall–Kier alpha value is -0.300. The van der Waals surface area contributed by atoms with Crippen LogP contribution in [0.25, 0.3) is 0 Å². The predicted octanol–water partition coefficient (Wildman–Crippen LogP) is 1.56. The summed E-state index contributed by atoms with van der Waals surface area (Å²) in [6, 6.07) is 0. The first-order chi connectivity index (χ1) is 4.43. The van der Waals surface area contributed by atoms with Crippen LogP contribution in [0.15, 0.2) is 12.2 Å². The van der Waals surface area contributed by atoms with Crippen molar-refractivity contribution in [1.82, 2.24) is 5.32 Å². The number of hydrogen-bond donors (Lipinski definition) is 1. The topological polar surface area (TPSA) is 12.0 Å². The van der Waals surface area contributed by atoms with Gasteiger partial charge in [-0.05, 0) is 31.8 Å². The maximum atomic E-state index is 3.25. The van der Waals surface area contributed by atoms with Crippen LogP contribution in [-0.4, -0.2) is 13.1 Å². The van der Waals surface area contributed by atoms with E-state index in [9.17, 15) is 0 Å². The van der Waals surface area contributed by atoms with Crippen molar-refractivity contribution in [3.05, 3.63) is 12.2 Å². The summed E-state index contributed by atoms with van der Waals surface area (Å²) in [5, 5.41) is 3.25. The van der Waals surface area contributed by atoms with Gasteiger partial charge >= 0.3 is 0 Å². The van der Waals surface area contributed by atoms with Gasteiger partial charge in [0.2, 0.25) is 0 Å². The van der Waals surface area contributed by atoms with Gasteiger partial charge in [0.05, 0.1) is 0 Å². The van der Waals surface area contributed by atoms with Crippen molar-refractivity contribution in [3.63, 3.8) is 0 Å². The lowest BCUT2D eigenvalue weighted by Crippen LogP contribution is -2.41. The Balaban J connectivity index is 1.97. The van der Waals surface area contributed by atoms with Crippen molar-refractivity contribution < 1.29 is 0 Å². The van der Waals surface area contributed by atoms with Gasteiger partial charge in [-0.25, -0.2) is 0 Å². The molecule has 1 heteroatoms. The average molecular weight is 125 g/mol. The van der Waals surface area contributed by atoms with E-state index in [1.165, 1.54) is 25.9 Å². The molecule has 1 rings (SSSR count). The third-order valence-corrected chi connectivity index (χ3v) is 1.74. The predicted molar refractivity (Wildman–Crippen MR) is 40.4 cm³/mol. The maximum Gasteiger partial charge on any atom is -0.000528 e. The van der Waals surface area contributed by atoms with Crippen LogP contribution in [0.1, 0.15) is 19.8 Å². The number of nitrogens with one attached hydrogen (secondary N) is 1. The van der Waals surface area contributed by atoms with Crippen molar-refractivity contribution in [2.24, 2.45) is 5.92 Å². The van der Waals surface area contributed by atoms with E-state index in [1.807, 2.05) is 0 Å². The molecule has 0 aromatic carbocycles. The van der Waals surface area contributed by atoms with Crippen molar-refractivity contribution in [1.29, 1.82) is 0 Å². The van der Waals surface area contributed by atoms with Crippen LogP contribution in [-0.2, 0) is 0 Å². The zero-order valence-corrected chi connectivity index (χ0v) is 6.06. The second kappa shape index (κ2) is 3.67. The minimum atomic E-state index is 0.938. The van der Waals surface area contributed by atoms with E-state index >= 15 is 0 Å². The fraction of sp³-hybridized carbons (Fsp3) is 0.750. The van der Waals surface area contributed by atoms with Crippen LogP contribution in [0.5, 0.6) is 0 Å². The van der Waals surface area contributed by atoms with E-state index in [2.05, 4.69) is 24.4 Å². The molecule has 0 bridgehead atoms. The van der Waals surface area contributed by atoms with Gasteiger partial charge in [-0.3, -0.25) is 0 Å². The molecule has 0 amide bonds. The molecule has 1 N–H and O–H groups in total. The molecule has 1 saturated heterocycles. The fourth-order valence-electron chi connectivity index (χ4n) is 0.970. The Kier molecular flexibility index (Phi) is 2.78. The van der Waals surface area contributed by atoms with Crippen LogP contribution >= 0.6 is 0 Å². The Bertz CT molecular complexity index is 92.7. The highest BCUT2D eigenvalue weighted by Crippen LogP contribution is 2.08. The average Bonchev–Trinajstić information content (AvgIpc) is 1.76. The van der Waals surface area contributed by atoms with Crippen molar-refractivity contribution in [2.45, 2.75) is 19.8 Å². The van der Waals surface area contributed by atoms with E-state index in [0.717, 1.165) is 5.92 Å². The van der Waals surface area contributed by atoms with Crippen LogP contribution in [0.2, 0.25) is 0 Å². The quantitative estimate of drug-likeness (QED) is 0.564. The summed E-state index contributed by atoms with van der Waals surface area (Å²) >= 11 is 0. The summed E-state index contributed by atoms with van der Waals surface area (Å²) in [7, 11) is 0. The van der Waals surface area contributed by atoms with E-state index < -0.39 is 0 Å². The molecule has 0 saturated carbocycles. The molecule has 1 aliphatic rings. The first kappa shape index (κ1) is 6.81. The highest BCUT2D eigenvalue weighted by molar-refractivity contribution is 4.87. The van der Waals surface area contributed by atoms with Crippen LogP contribution in [0.4, 0.5) is 0 Å². The van der Waals surface area contributed by atoms with E-state index in [4.69, 9.17) is 0 Å². The first-order valence-electron chi connectivity index (χ1n) is 3.79. The zero-order chi connectivity index (χ0) is 6.53. The van der Waals surface area contributed by atoms with E-state index in [1.54, 1.807) is 0 Å². The Morgan fingerprint density at radius 1 is 1.44 bits per heavy atom. The van der Waals surface area contributed by atoms with Gasteiger partial charge in [0, 0.05) is 0 Å². The number of allylic oxidation sites excluding steroid dienone is 2. The summed E-state index contributed by atoms with van der Waals surface area (Å²) in [6.07, 6.45) is 7.00. The SMILES string of the molecule is CC/C=C/CC1CNC1. The largest absolute Gasteiger partial charge is 0.316 e. The van der Waals surface area contributed by atoms with Crippen LogP contribution in [0, 0.1) is 5.92 Å². The lowest BCUT2D eigenvalue weighted by Gasteiger charge is -2.25. The van der Waals surface area contributed by atoms with Crippen molar-refractivity contribution in [3.8, 4) is 0 Å². The first-order valence-corrected chi connectivity index (χ1v) is 3.79. The molecular weight excluding hydrogens is 110 g/mol. The second-order valence-electron chi connectivity index (χ2n) is 2.64. The Morgan fingerprint density at radius 2 is 2.22 bits per heavy atom. The number of hydrogen-bond acceptors (Lipinski definition) is 1. The lowest BCUT2D eigenvalue weighted by molar-refractivity contribution is 0.351. The summed E-state index contributed by atoms with van der Waals surface area (Å²) < 4.78 is 0. The van der Waals surface area contributed by atoms with Gasteiger partial charge in [0.1, 0.15) is 0 Å². The van der Waals surface area contributed by atoms with Crippen LogP contribution in [0.3, 0.4) is 0 Å². The Morgan fingerprint density at radius 3 is 2.67 bits per heavy atom. The molecule has 0 aromatic heterocycles. The van der Waals surface area contributed by atoms with Crippen molar-refractivity contribution in [2.75, 3.05) is 13.1 Å². The molecular formula is C8H15N. The molecule has 0 unspecified atom stereocenters. The standard InChI is InChI=1S/C8H15N/c1-2-3-4-5-8-6-9-7-8/h3-4,8-9H,2,5-7H2,1H3/b4-3+. The smallest absolute Gasteiger partial charge is 0.000528 e. The van der Waals surface area contributed by atoms with E-state index in [0.29, 0.717) is 0 Å². The van der Waals surface area contributed by atoms with Gasteiger partial charge in [-0.2, -0.15) is 0 Å². The number of rotatable bonds is 3. The molecule has 9 heavy (non-hydrogen) atoms. The van der Waals surface area contributed by atoms with Gasteiger partial charge < -0.3 is 5.32 Å². The highest BCUT2D eigenvalue weighted by atomic mass is 14.9. The molecule has 0 spiro atoms. The zero-order valence-electron chi connectivity index (χ0n) is 6.06. The van der Waals surface area contributed by atoms with E-state index in [-0.39, 0.29) is 0 Å². The monoisotopic (exact) mass is 125 g/mol. The maximum absolute atomic E-state index is 3.25. The molecule has 0 aromatic rings. The normalized spacial score (nSPS) is 20.6. The Labute approximate surface area is 57.1 Å². The summed E-state index contributed by atoms with van der Waals surface area (Å²) in [5.74, 6) is 0.938. The van der Waals surface area contributed by atoms with Gasteiger partial charge in [-0.1, -0.05) is 19.1 Å². The fourth-order valence-corrected chi connectivity index (χ4v) is 0.970. The van der Waals surface area contributed by atoms with Crippen LogP contribution < -0.4 is 5.32 Å². The minimum absolute atomic E-state index is 0.938.